The molecule has 0 fully saturated rings. The van der Waals surface area contributed by atoms with Gasteiger partial charge in [0.1, 0.15) is 11.3 Å². The lowest BCUT2D eigenvalue weighted by Gasteiger charge is -2.06. The van der Waals surface area contributed by atoms with E-state index in [0.717, 1.165) is 5.39 Å². The Morgan fingerprint density at radius 3 is 2.03 bits per heavy atom. The highest BCUT2D eigenvalue weighted by molar-refractivity contribution is 6.05. The summed E-state index contributed by atoms with van der Waals surface area (Å²) >= 11 is 0. The summed E-state index contributed by atoms with van der Waals surface area (Å²) in [7, 11) is 0. The van der Waals surface area contributed by atoms with Crippen LogP contribution < -0.4 is 10.6 Å². The Morgan fingerprint density at radius 2 is 1.34 bits per heavy atom. The van der Waals surface area contributed by atoms with Crippen molar-refractivity contribution in [3.8, 4) is 11.3 Å². The molecule has 0 radical (unpaired) electrons. The van der Waals surface area contributed by atoms with Gasteiger partial charge in [-0.1, -0.05) is 30.3 Å². The first-order chi connectivity index (χ1) is 17.0. The lowest BCUT2D eigenvalue weighted by molar-refractivity contribution is -0.384. The third kappa shape index (κ3) is 4.51. The summed E-state index contributed by atoms with van der Waals surface area (Å²) in [5, 5.41) is 17.5. The van der Waals surface area contributed by atoms with Gasteiger partial charge in [0.25, 0.3) is 17.5 Å². The number of rotatable bonds is 6. The standard InChI is InChI=1S/C26H17N3O6/c30-25(23-14-13-22(35-23)19-6-2-3-7-20(19)29(32)33)27-17-9-11-18(12-10-17)28-26(31)24-15-16-5-1-4-8-21(16)34-24/h1-15H,(H,27,30)(H,28,31). The van der Waals surface area contributed by atoms with Crippen LogP contribution in [0.5, 0.6) is 0 Å². The second kappa shape index (κ2) is 8.99. The molecule has 0 unspecified atom stereocenters. The number of amides is 2. The van der Waals surface area contributed by atoms with E-state index in [-0.39, 0.29) is 28.5 Å². The molecule has 2 heterocycles. The predicted octanol–water partition coefficient (Wildman–Crippen LogP) is 6.11. The molecule has 35 heavy (non-hydrogen) atoms. The van der Waals surface area contributed by atoms with Crippen LogP contribution in [-0.4, -0.2) is 16.7 Å². The Hall–Kier alpha value is -5.18. The van der Waals surface area contributed by atoms with Crippen LogP contribution in [0.25, 0.3) is 22.3 Å². The number of anilines is 2. The van der Waals surface area contributed by atoms with E-state index in [2.05, 4.69) is 10.6 Å². The molecule has 0 aliphatic heterocycles. The highest BCUT2D eigenvalue weighted by atomic mass is 16.6. The molecule has 3 aromatic carbocycles. The Bertz CT molecular complexity index is 1530. The number of nitro groups is 1. The summed E-state index contributed by atoms with van der Waals surface area (Å²) in [5.74, 6) is -0.507. The van der Waals surface area contributed by atoms with Crippen molar-refractivity contribution in [1.82, 2.24) is 0 Å². The van der Waals surface area contributed by atoms with Crippen molar-refractivity contribution in [2.45, 2.75) is 0 Å². The van der Waals surface area contributed by atoms with Crippen LogP contribution >= 0.6 is 0 Å². The molecule has 0 atom stereocenters. The quantitative estimate of drug-likeness (QED) is 0.229. The van der Waals surface area contributed by atoms with E-state index in [1.54, 1.807) is 54.6 Å². The van der Waals surface area contributed by atoms with E-state index in [9.17, 15) is 19.7 Å². The average Bonchev–Trinajstić information content (AvgIpc) is 3.53. The lowest BCUT2D eigenvalue weighted by Crippen LogP contribution is -2.12. The summed E-state index contributed by atoms with van der Waals surface area (Å²) < 4.78 is 11.1. The molecule has 5 aromatic rings. The average molecular weight is 467 g/mol. The molecule has 172 valence electrons. The van der Waals surface area contributed by atoms with E-state index in [1.165, 1.54) is 18.2 Å². The summed E-state index contributed by atoms with van der Waals surface area (Å²) in [5.41, 5.74) is 1.78. The fraction of sp³-hybridized carbons (Fsp3) is 0. The van der Waals surface area contributed by atoms with Gasteiger partial charge in [0.2, 0.25) is 0 Å². The van der Waals surface area contributed by atoms with Gasteiger partial charge in [-0.05, 0) is 54.6 Å². The molecule has 0 aliphatic rings. The highest BCUT2D eigenvalue weighted by Crippen LogP contribution is 2.31. The van der Waals surface area contributed by atoms with Crippen molar-refractivity contribution in [3.63, 3.8) is 0 Å². The minimum Gasteiger partial charge on any atom is -0.451 e. The van der Waals surface area contributed by atoms with Crippen molar-refractivity contribution < 1.29 is 23.3 Å². The Labute approximate surface area is 198 Å². The second-order valence-electron chi connectivity index (χ2n) is 7.57. The fourth-order valence-electron chi connectivity index (χ4n) is 3.56. The largest absolute Gasteiger partial charge is 0.451 e. The van der Waals surface area contributed by atoms with Gasteiger partial charge in [-0.25, -0.2) is 0 Å². The summed E-state index contributed by atoms with van der Waals surface area (Å²) in [4.78, 5) is 35.8. The number of fused-ring (bicyclic) bond motifs is 1. The van der Waals surface area contributed by atoms with Gasteiger partial charge in [-0.2, -0.15) is 0 Å². The smallest absolute Gasteiger partial charge is 0.291 e. The van der Waals surface area contributed by atoms with E-state index in [1.807, 2.05) is 18.2 Å². The highest BCUT2D eigenvalue weighted by Gasteiger charge is 2.19. The number of nitrogens with one attached hydrogen (secondary N) is 2. The first-order valence-corrected chi connectivity index (χ1v) is 10.5. The van der Waals surface area contributed by atoms with Crippen LogP contribution in [0.4, 0.5) is 17.1 Å². The summed E-state index contributed by atoms with van der Waals surface area (Å²) in [6, 6.07) is 24.6. The minimum atomic E-state index is -0.520. The first kappa shape index (κ1) is 21.7. The zero-order chi connectivity index (χ0) is 24.4. The Kier molecular flexibility index (Phi) is 5.56. The molecular weight excluding hydrogens is 450 g/mol. The predicted molar refractivity (Wildman–Crippen MR) is 129 cm³/mol. The van der Waals surface area contributed by atoms with Crippen LogP contribution in [0.3, 0.4) is 0 Å². The van der Waals surface area contributed by atoms with Crippen LogP contribution in [-0.2, 0) is 0 Å². The summed E-state index contributed by atoms with van der Waals surface area (Å²) in [6.07, 6.45) is 0. The van der Waals surface area contributed by atoms with Gasteiger partial charge in [0.15, 0.2) is 11.5 Å². The number of carbonyl (C=O) groups is 2. The minimum absolute atomic E-state index is 0.000385. The third-order valence-electron chi connectivity index (χ3n) is 5.25. The topological polar surface area (TPSA) is 128 Å². The summed E-state index contributed by atoms with van der Waals surface area (Å²) in [6.45, 7) is 0. The van der Waals surface area contributed by atoms with Crippen LogP contribution in [0, 0.1) is 10.1 Å². The molecular formula is C26H17N3O6. The van der Waals surface area contributed by atoms with Gasteiger partial charge >= 0.3 is 0 Å². The normalized spacial score (nSPS) is 10.7. The van der Waals surface area contributed by atoms with Crippen LogP contribution in [0.1, 0.15) is 21.1 Å². The van der Waals surface area contributed by atoms with Crippen molar-refractivity contribution in [2.24, 2.45) is 0 Å². The maximum Gasteiger partial charge on any atom is 0.291 e. The van der Waals surface area contributed by atoms with E-state index < -0.39 is 16.7 Å². The molecule has 5 rings (SSSR count). The molecule has 9 heteroatoms. The second-order valence-corrected chi connectivity index (χ2v) is 7.57. The van der Waals surface area contributed by atoms with Crippen LogP contribution in [0.15, 0.2) is 99.8 Å². The number of benzene rings is 3. The fourth-order valence-corrected chi connectivity index (χ4v) is 3.56. The zero-order valence-corrected chi connectivity index (χ0v) is 18.1. The van der Waals surface area contributed by atoms with Gasteiger partial charge in [0.05, 0.1) is 10.5 Å². The SMILES string of the molecule is O=C(Nc1ccc(NC(=O)c2cc3ccccc3o2)cc1)c1ccc(-c2ccccc2[N+](=O)[O-])o1. The monoisotopic (exact) mass is 467 g/mol. The lowest BCUT2D eigenvalue weighted by atomic mass is 10.1. The van der Waals surface area contributed by atoms with Crippen molar-refractivity contribution >= 4 is 39.8 Å². The van der Waals surface area contributed by atoms with E-state index in [0.29, 0.717) is 17.0 Å². The number of furan rings is 2. The number of nitrogens with zero attached hydrogens (tertiary/aromatic N) is 1. The molecule has 0 saturated heterocycles. The molecule has 2 amide bonds. The number of nitro benzene ring substituents is 1. The molecule has 0 bridgehead atoms. The first-order valence-electron chi connectivity index (χ1n) is 10.5. The maximum atomic E-state index is 12.6. The Morgan fingerprint density at radius 1 is 0.714 bits per heavy atom. The van der Waals surface area contributed by atoms with Gasteiger partial charge in [-0.15, -0.1) is 0 Å². The molecule has 0 saturated carbocycles. The Balaban J connectivity index is 1.25. The maximum absolute atomic E-state index is 12.6. The number of hydrogen-bond donors (Lipinski definition) is 2. The molecule has 2 N–H and O–H groups in total. The van der Waals surface area contributed by atoms with E-state index in [4.69, 9.17) is 8.83 Å². The number of para-hydroxylation sites is 2. The van der Waals surface area contributed by atoms with Gasteiger partial charge in [-0.3, -0.25) is 19.7 Å². The molecule has 0 aliphatic carbocycles. The zero-order valence-electron chi connectivity index (χ0n) is 18.1. The van der Waals surface area contributed by atoms with Crippen molar-refractivity contribution in [3.05, 3.63) is 113 Å². The molecule has 0 spiro atoms. The molecule has 2 aromatic heterocycles. The van der Waals surface area contributed by atoms with Crippen LogP contribution in [0.2, 0.25) is 0 Å². The van der Waals surface area contributed by atoms with E-state index >= 15 is 0 Å². The van der Waals surface area contributed by atoms with Crippen molar-refractivity contribution in [2.75, 3.05) is 10.6 Å². The number of hydrogen-bond acceptors (Lipinski definition) is 6. The molecule has 9 nitrogen and oxygen atoms in total. The third-order valence-corrected chi connectivity index (χ3v) is 5.25. The van der Waals surface area contributed by atoms with Gasteiger partial charge < -0.3 is 19.5 Å². The van der Waals surface area contributed by atoms with Gasteiger partial charge in [0, 0.05) is 22.8 Å². The van der Waals surface area contributed by atoms with Crippen molar-refractivity contribution in [1.29, 1.82) is 0 Å². The number of carbonyl (C=O) groups excluding carboxylic acids is 2.